The van der Waals surface area contributed by atoms with Gasteiger partial charge in [0.05, 0.1) is 18.6 Å². The van der Waals surface area contributed by atoms with Crippen LogP contribution in [-0.2, 0) is 4.79 Å². The fourth-order valence-corrected chi connectivity index (χ4v) is 3.55. The van der Waals surface area contributed by atoms with Crippen molar-refractivity contribution in [2.75, 3.05) is 18.2 Å². The molecule has 10 heteroatoms. The first-order chi connectivity index (χ1) is 14.1. The molecule has 29 heavy (non-hydrogen) atoms. The molecule has 8 nitrogen and oxygen atoms in total. The third-order valence-electron chi connectivity index (χ3n) is 3.97. The van der Waals surface area contributed by atoms with Crippen molar-refractivity contribution in [3.63, 3.8) is 0 Å². The van der Waals surface area contributed by atoms with Gasteiger partial charge in [-0.15, -0.1) is 5.10 Å². The number of carbonyl (C=O) groups is 1. The summed E-state index contributed by atoms with van der Waals surface area (Å²) in [7, 11) is 1.61. The molecule has 146 valence electrons. The van der Waals surface area contributed by atoms with E-state index in [1.807, 2.05) is 24.3 Å². The smallest absolute Gasteiger partial charge is 0.234 e. The molecule has 0 radical (unpaired) electrons. The molecule has 0 saturated heterocycles. The highest BCUT2D eigenvalue weighted by molar-refractivity contribution is 8.00. The standard InChI is InChI=1S/C19H15ClN6O2S/c1-28-15-7-5-14(6-8-15)26-18-17(24-25-26)19(22-11-21-18)29-10-16(27)23-13-4-2-3-12(20)9-13/h2-9,11H,10H2,1H3,(H,23,27). The van der Waals surface area contributed by atoms with Crippen LogP contribution in [0.2, 0.25) is 5.02 Å². The summed E-state index contributed by atoms with van der Waals surface area (Å²) in [4.78, 5) is 20.8. The first-order valence-corrected chi connectivity index (χ1v) is 9.89. The molecule has 2 aromatic carbocycles. The number of hydrogen-bond donors (Lipinski definition) is 1. The zero-order valence-electron chi connectivity index (χ0n) is 15.2. The summed E-state index contributed by atoms with van der Waals surface area (Å²) in [6.45, 7) is 0. The van der Waals surface area contributed by atoms with E-state index in [0.717, 1.165) is 11.4 Å². The molecule has 0 aliphatic heterocycles. The van der Waals surface area contributed by atoms with E-state index in [0.29, 0.717) is 26.9 Å². The van der Waals surface area contributed by atoms with Gasteiger partial charge in [-0.3, -0.25) is 4.79 Å². The lowest BCUT2D eigenvalue weighted by atomic mass is 10.3. The van der Waals surface area contributed by atoms with Gasteiger partial charge in [0.1, 0.15) is 17.1 Å². The van der Waals surface area contributed by atoms with Crippen molar-refractivity contribution in [3.05, 3.63) is 59.9 Å². The molecule has 4 rings (SSSR count). The largest absolute Gasteiger partial charge is 0.497 e. The fourth-order valence-electron chi connectivity index (χ4n) is 2.63. The lowest BCUT2D eigenvalue weighted by molar-refractivity contribution is -0.113. The Hall–Kier alpha value is -3.17. The number of amides is 1. The Bertz CT molecular complexity index is 1170. The van der Waals surface area contributed by atoms with E-state index in [1.54, 1.807) is 36.1 Å². The third-order valence-corrected chi connectivity index (χ3v) is 5.18. The maximum atomic E-state index is 12.2. The zero-order valence-corrected chi connectivity index (χ0v) is 16.8. The predicted octanol–water partition coefficient (Wildman–Crippen LogP) is 3.60. The Balaban J connectivity index is 1.51. The number of anilines is 1. The maximum Gasteiger partial charge on any atom is 0.234 e. The SMILES string of the molecule is COc1ccc(-n2nnc3c(SCC(=O)Nc4cccc(Cl)c4)ncnc32)cc1. The molecule has 0 aliphatic rings. The number of ether oxygens (including phenoxy) is 1. The minimum atomic E-state index is -0.174. The van der Waals surface area contributed by atoms with E-state index in [2.05, 4.69) is 25.6 Å². The number of halogens is 1. The van der Waals surface area contributed by atoms with Gasteiger partial charge in [0.25, 0.3) is 0 Å². The quantitative estimate of drug-likeness (QED) is 0.371. The molecule has 0 spiro atoms. The van der Waals surface area contributed by atoms with Crippen molar-refractivity contribution in [1.29, 1.82) is 0 Å². The molecule has 2 aromatic heterocycles. The summed E-state index contributed by atoms with van der Waals surface area (Å²) in [6, 6.07) is 14.4. The number of methoxy groups -OCH3 is 1. The second kappa shape index (κ2) is 8.46. The molecule has 2 heterocycles. The van der Waals surface area contributed by atoms with Gasteiger partial charge in [-0.2, -0.15) is 4.68 Å². The van der Waals surface area contributed by atoms with Gasteiger partial charge < -0.3 is 10.1 Å². The average molecular weight is 427 g/mol. The van der Waals surface area contributed by atoms with Crippen molar-refractivity contribution in [1.82, 2.24) is 25.0 Å². The molecule has 0 fully saturated rings. The number of hydrogen-bond acceptors (Lipinski definition) is 7. The van der Waals surface area contributed by atoms with Gasteiger partial charge in [-0.1, -0.05) is 34.6 Å². The molecule has 0 aliphatic carbocycles. The maximum absolute atomic E-state index is 12.2. The number of rotatable bonds is 6. The number of benzene rings is 2. The van der Waals surface area contributed by atoms with Crippen molar-refractivity contribution >= 4 is 46.1 Å². The Morgan fingerprint density at radius 3 is 2.79 bits per heavy atom. The van der Waals surface area contributed by atoms with Gasteiger partial charge in [0.2, 0.25) is 5.91 Å². The molecular formula is C19H15ClN6O2S. The van der Waals surface area contributed by atoms with Crippen LogP contribution in [0.4, 0.5) is 5.69 Å². The van der Waals surface area contributed by atoms with Crippen molar-refractivity contribution < 1.29 is 9.53 Å². The van der Waals surface area contributed by atoms with Crippen LogP contribution in [-0.4, -0.2) is 43.7 Å². The molecule has 4 aromatic rings. The fraction of sp³-hybridized carbons (Fsp3) is 0.105. The summed E-state index contributed by atoms with van der Waals surface area (Å²) in [6.07, 6.45) is 1.43. The highest BCUT2D eigenvalue weighted by atomic mass is 35.5. The summed E-state index contributed by atoms with van der Waals surface area (Å²) in [5.74, 6) is 0.731. The molecule has 0 unspecified atom stereocenters. The van der Waals surface area contributed by atoms with E-state index >= 15 is 0 Å². The Labute approximate surface area is 175 Å². The van der Waals surface area contributed by atoms with Crippen LogP contribution in [0.5, 0.6) is 5.75 Å². The van der Waals surface area contributed by atoms with Crippen LogP contribution in [0, 0.1) is 0 Å². The number of nitrogens with zero attached hydrogens (tertiary/aromatic N) is 5. The number of nitrogens with one attached hydrogen (secondary N) is 1. The highest BCUT2D eigenvalue weighted by Crippen LogP contribution is 2.25. The Morgan fingerprint density at radius 1 is 1.21 bits per heavy atom. The average Bonchev–Trinajstić information content (AvgIpc) is 3.17. The number of carbonyl (C=O) groups excluding carboxylic acids is 1. The summed E-state index contributed by atoms with van der Waals surface area (Å²) < 4.78 is 6.79. The van der Waals surface area contributed by atoms with Gasteiger partial charge in [0.15, 0.2) is 11.2 Å². The normalized spacial score (nSPS) is 10.8. The summed E-state index contributed by atoms with van der Waals surface area (Å²) >= 11 is 7.20. The van der Waals surface area contributed by atoms with Crippen LogP contribution in [0.15, 0.2) is 59.9 Å². The first-order valence-electron chi connectivity index (χ1n) is 8.53. The highest BCUT2D eigenvalue weighted by Gasteiger charge is 2.15. The van der Waals surface area contributed by atoms with E-state index < -0.39 is 0 Å². The lowest BCUT2D eigenvalue weighted by Gasteiger charge is -2.06. The van der Waals surface area contributed by atoms with Crippen LogP contribution >= 0.6 is 23.4 Å². The molecule has 1 amide bonds. The molecule has 0 bridgehead atoms. The van der Waals surface area contributed by atoms with Crippen LogP contribution in [0.1, 0.15) is 0 Å². The minimum absolute atomic E-state index is 0.161. The summed E-state index contributed by atoms with van der Waals surface area (Å²) in [5, 5.41) is 12.3. The monoisotopic (exact) mass is 426 g/mol. The van der Waals surface area contributed by atoms with Crippen LogP contribution < -0.4 is 10.1 Å². The van der Waals surface area contributed by atoms with Crippen LogP contribution in [0.3, 0.4) is 0 Å². The van der Waals surface area contributed by atoms with Crippen molar-refractivity contribution in [3.8, 4) is 11.4 Å². The van der Waals surface area contributed by atoms with E-state index in [1.165, 1.54) is 18.1 Å². The summed E-state index contributed by atoms with van der Waals surface area (Å²) in [5.41, 5.74) is 2.52. The van der Waals surface area contributed by atoms with Gasteiger partial charge in [-0.05, 0) is 42.5 Å². The molecule has 0 atom stereocenters. The van der Waals surface area contributed by atoms with E-state index in [-0.39, 0.29) is 11.7 Å². The van der Waals surface area contributed by atoms with Gasteiger partial charge in [0, 0.05) is 10.7 Å². The van der Waals surface area contributed by atoms with E-state index in [9.17, 15) is 4.79 Å². The number of aromatic nitrogens is 5. The zero-order chi connectivity index (χ0) is 20.2. The molecular weight excluding hydrogens is 412 g/mol. The molecule has 1 N–H and O–H groups in total. The minimum Gasteiger partial charge on any atom is -0.497 e. The van der Waals surface area contributed by atoms with Crippen molar-refractivity contribution in [2.24, 2.45) is 0 Å². The predicted molar refractivity (Wildman–Crippen MR) is 112 cm³/mol. The second-order valence-electron chi connectivity index (χ2n) is 5.90. The molecule has 0 saturated carbocycles. The Kier molecular flexibility index (Phi) is 5.59. The third kappa shape index (κ3) is 4.30. The second-order valence-corrected chi connectivity index (χ2v) is 7.30. The first kappa shape index (κ1) is 19.2. The number of thioether (sulfide) groups is 1. The van der Waals surface area contributed by atoms with Gasteiger partial charge in [-0.25, -0.2) is 9.97 Å². The lowest BCUT2D eigenvalue weighted by Crippen LogP contribution is -2.14. The van der Waals surface area contributed by atoms with E-state index in [4.69, 9.17) is 16.3 Å². The van der Waals surface area contributed by atoms with Crippen molar-refractivity contribution in [2.45, 2.75) is 5.03 Å². The number of fused-ring (bicyclic) bond motifs is 1. The van der Waals surface area contributed by atoms with Crippen LogP contribution in [0.25, 0.3) is 16.9 Å². The topological polar surface area (TPSA) is 94.8 Å². The Morgan fingerprint density at radius 2 is 2.03 bits per heavy atom. The van der Waals surface area contributed by atoms with Gasteiger partial charge >= 0.3 is 0 Å².